The summed E-state index contributed by atoms with van der Waals surface area (Å²) >= 11 is 9.27. The predicted octanol–water partition coefficient (Wildman–Crippen LogP) is 2.94. The van der Waals surface area contributed by atoms with E-state index in [0.29, 0.717) is 17.4 Å². The Hall–Kier alpha value is -1.20. The average Bonchev–Trinajstić information content (AvgIpc) is 2.58. The van der Waals surface area contributed by atoms with Crippen LogP contribution in [0.5, 0.6) is 5.75 Å². The molecule has 0 amide bonds. The van der Waals surface area contributed by atoms with E-state index in [9.17, 15) is 0 Å². The van der Waals surface area contributed by atoms with Gasteiger partial charge in [-0.05, 0) is 34.1 Å². The lowest BCUT2D eigenvalue weighted by atomic mass is 10.2. The molecule has 1 heterocycles. The van der Waals surface area contributed by atoms with Crippen LogP contribution in [0.4, 0.5) is 5.82 Å². The summed E-state index contributed by atoms with van der Waals surface area (Å²) in [6, 6.07) is 5.48. The number of hydrogen-bond acceptors (Lipinski definition) is 3. The molecule has 2 aromatic rings. The molecule has 0 atom stereocenters. The third kappa shape index (κ3) is 2.73. The molecule has 0 saturated carbocycles. The summed E-state index contributed by atoms with van der Waals surface area (Å²) in [7, 11) is 1.63. The van der Waals surface area contributed by atoms with Crippen LogP contribution in [-0.2, 0) is 6.54 Å². The Kier molecular flexibility index (Phi) is 3.59. The highest BCUT2D eigenvalue weighted by Gasteiger charge is 2.07. The largest absolute Gasteiger partial charge is 0.496 e. The number of methoxy groups -OCH3 is 1. The number of nitrogen functional groups attached to an aromatic ring is 1. The molecule has 2 rings (SSSR count). The Labute approximate surface area is 112 Å². The first kappa shape index (κ1) is 12.3. The summed E-state index contributed by atoms with van der Waals surface area (Å²) in [5, 5.41) is 4.83. The number of anilines is 1. The normalized spacial score (nSPS) is 10.5. The van der Waals surface area contributed by atoms with Crippen molar-refractivity contribution in [3.63, 3.8) is 0 Å². The van der Waals surface area contributed by atoms with Gasteiger partial charge in [-0.1, -0.05) is 11.6 Å². The molecule has 0 aliphatic rings. The number of halogens is 2. The van der Waals surface area contributed by atoms with Crippen LogP contribution >= 0.6 is 27.5 Å². The van der Waals surface area contributed by atoms with Gasteiger partial charge >= 0.3 is 0 Å². The molecule has 6 heteroatoms. The van der Waals surface area contributed by atoms with E-state index in [1.807, 2.05) is 18.3 Å². The lowest BCUT2D eigenvalue weighted by molar-refractivity contribution is 0.407. The monoisotopic (exact) mass is 315 g/mol. The van der Waals surface area contributed by atoms with Gasteiger partial charge in [0.2, 0.25) is 0 Å². The van der Waals surface area contributed by atoms with Gasteiger partial charge in [0.1, 0.15) is 5.75 Å². The number of hydrogen-bond donors (Lipinski definition) is 1. The smallest absolute Gasteiger partial charge is 0.159 e. The second-order valence-corrected chi connectivity index (χ2v) is 4.81. The van der Waals surface area contributed by atoms with E-state index in [2.05, 4.69) is 21.0 Å². The maximum absolute atomic E-state index is 5.96. The van der Waals surface area contributed by atoms with Gasteiger partial charge in [0.25, 0.3) is 0 Å². The third-order valence-corrected chi connectivity index (χ3v) is 3.16. The highest BCUT2D eigenvalue weighted by atomic mass is 79.9. The fourth-order valence-electron chi connectivity index (χ4n) is 1.54. The maximum Gasteiger partial charge on any atom is 0.159 e. The van der Waals surface area contributed by atoms with Crippen molar-refractivity contribution in [2.45, 2.75) is 6.54 Å². The molecule has 2 N–H and O–H groups in total. The summed E-state index contributed by atoms with van der Waals surface area (Å²) < 4.78 is 7.77. The summed E-state index contributed by atoms with van der Waals surface area (Å²) in [5.41, 5.74) is 6.61. The summed E-state index contributed by atoms with van der Waals surface area (Å²) in [6.45, 7) is 0.555. The van der Waals surface area contributed by atoms with Crippen molar-refractivity contribution in [3.8, 4) is 5.75 Å². The van der Waals surface area contributed by atoms with Crippen molar-refractivity contribution in [3.05, 3.63) is 39.5 Å². The van der Waals surface area contributed by atoms with Gasteiger partial charge in [0, 0.05) is 16.8 Å². The first-order valence-electron chi connectivity index (χ1n) is 4.91. The number of nitrogens with zero attached hydrogens (tertiary/aromatic N) is 2. The van der Waals surface area contributed by atoms with E-state index in [1.54, 1.807) is 17.9 Å². The van der Waals surface area contributed by atoms with Crippen molar-refractivity contribution >= 4 is 33.3 Å². The number of rotatable bonds is 3. The molecule has 0 fully saturated rings. The van der Waals surface area contributed by atoms with Crippen LogP contribution in [0.15, 0.2) is 28.9 Å². The van der Waals surface area contributed by atoms with Gasteiger partial charge in [-0.2, -0.15) is 5.10 Å². The minimum absolute atomic E-state index is 0.464. The SMILES string of the molecule is COc1ccc(Cl)cc1Cn1cc(Br)c(N)n1. The molecule has 0 saturated heterocycles. The fourth-order valence-corrected chi connectivity index (χ4v) is 2.05. The first-order valence-corrected chi connectivity index (χ1v) is 6.08. The Morgan fingerprint density at radius 1 is 1.53 bits per heavy atom. The van der Waals surface area contributed by atoms with Gasteiger partial charge in [-0.15, -0.1) is 0 Å². The Morgan fingerprint density at radius 3 is 2.88 bits per heavy atom. The molecule has 0 spiro atoms. The van der Waals surface area contributed by atoms with Crippen molar-refractivity contribution in [1.29, 1.82) is 0 Å². The summed E-state index contributed by atoms with van der Waals surface area (Å²) in [4.78, 5) is 0. The topological polar surface area (TPSA) is 53.1 Å². The Morgan fingerprint density at radius 2 is 2.29 bits per heavy atom. The minimum Gasteiger partial charge on any atom is -0.496 e. The van der Waals surface area contributed by atoms with Crippen LogP contribution in [0.2, 0.25) is 5.02 Å². The van der Waals surface area contributed by atoms with E-state index >= 15 is 0 Å². The molecule has 1 aromatic carbocycles. The standard InChI is InChI=1S/C11H11BrClN3O/c1-17-10-3-2-8(13)4-7(10)5-16-6-9(12)11(14)15-16/h2-4,6H,5H2,1H3,(H2,14,15). The molecule has 17 heavy (non-hydrogen) atoms. The zero-order chi connectivity index (χ0) is 12.4. The highest BCUT2D eigenvalue weighted by Crippen LogP contribution is 2.24. The third-order valence-electron chi connectivity index (χ3n) is 2.32. The van der Waals surface area contributed by atoms with Gasteiger partial charge in [0.15, 0.2) is 5.82 Å². The molecule has 0 bridgehead atoms. The lowest BCUT2D eigenvalue weighted by Crippen LogP contribution is -2.03. The molecule has 4 nitrogen and oxygen atoms in total. The predicted molar refractivity (Wildman–Crippen MR) is 71.4 cm³/mol. The van der Waals surface area contributed by atoms with Gasteiger partial charge in [-0.25, -0.2) is 0 Å². The van der Waals surface area contributed by atoms with Crippen molar-refractivity contribution in [2.24, 2.45) is 0 Å². The quantitative estimate of drug-likeness (QED) is 0.947. The Balaban J connectivity index is 2.31. The zero-order valence-corrected chi connectivity index (χ0v) is 11.5. The number of nitrogens with two attached hydrogens (primary N) is 1. The van der Waals surface area contributed by atoms with Crippen LogP contribution < -0.4 is 10.5 Å². The van der Waals surface area contributed by atoms with E-state index < -0.39 is 0 Å². The molecular formula is C11H11BrClN3O. The number of ether oxygens (including phenoxy) is 1. The number of aromatic nitrogens is 2. The van der Waals surface area contributed by atoms with E-state index in [4.69, 9.17) is 22.1 Å². The van der Waals surface area contributed by atoms with Crippen LogP contribution in [-0.4, -0.2) is 16.9 Å². The second-order valence-electron chi connectivity index (χ2n) is 3.52. The van der Waals surface area contributed by atoms with Crippen LogP contribution in [0.25, 0.3) is 0 Å². The van der Waals surface area contributed by atoms with E-state index in [-0.39, 0.29) is 0 Å². The van der Waals surface area contributed by atoms with Gasteiger partial charge < -0.3 is 10.5 Å². The summed E-state index contributed by atoms with van der Waals surface area (Å²) in [5.74, 6) is 1.24. The van der Waals surface area contributed by atoms with Crippen LogP contribution in [0.1, 0.15) is 5.56 Å². The van der Waals surface area contributed by atoms with Gasteiger partial charge in [-0.3, -0.25) is 4.68 Å². The molecule has 0 unspecified atom stereocenters. The lowest BCUT2D eigenvalue weighted by Gasteiger charge is -2.08. The molecular weight excluding hydrogens is 305 g/mol. The molecule has 0 aliphatic carbocycles. The van der Waals surface area contributed by atoms with E-state index in [1.165, 1.54) is 0 Å². The highest BCUT2D eigenvalue weighted by molar-refractivity contribution is 9.10. The average molecular weight is 317 g/mol. The maximum atomic E-state index is 5.96. The molecule has 90 valence electrons. The van der Waals surface area contributed by atoms with E-state index in [0.717, 1.165) is 15.8 Å². The zero-order valence-electron chi connectivity index (χ0n) is 9.15. The van der Waals surface area contributed by atoms with Crippen molar-refractivity contribution < 1.29 is 4.74 Å². The fraction of sp³-hybridized carbons (Fsp3) is 0.182. The van der Waals surface area contributed by atoms with Crippen LogP contribution in [0, 0.1) is 0 Å². The van der Waals surface area contributed by atoms with Crippen molar-refractivity contribution in [1.82, 2.24) is 9.78 Å². The summed E-state index contributed by atoms with van der Waals surface area (Å²) in [6.07, 6.45) is 1.82. The second kappa shape index (κ2) is 4.98. The molecule has 0 radical (unpaired) electrons. The minimum atomic E-state index is 0.464. The van der Waals surface area contributed by atoms with Gasteiger partial charge in [0.05, 0.1) is 18.1 Å². The molecule has 0 aliphatic heterocycles. The first-order chi connectivity index (χ1) is 8.10. The van der Waals surface area contributed by atoms with Crippen LogP contribution in [0.3, 0.4) is 0 Å². The Bertz CT molecular complexity index is 522. The number of benzene rings is 1. The van der Waals surface area contributed by atoms with Crippen molar-refractivity contribution in [2.75, 3.05) is 12.8 Å². The molecule has 1 aromatic heterocycles.